The molecular formula is C19H14BrNO4. The summed E-state index contributed by atoms with van der Waals surface area (Å²) < 4.78 is 11.7. The summed E-state index contributed by atoms with van der Waals surface area (Å²) in [5, 5.41) is 0.453. The fourth-order valence-electron chi connectivity index (χ4n) is 3.24. The molecule has 0 bridgehead atoms. The van der Waals surface area contributed by atoms with Crippen molar-refractivity contribution < 1.29 is 13.9 Å². The number of ether oxygens (including phenoxy) is 1. The lowest BCUT2D eigenvalue weighted by Gasteiger charge is -2.20. The minimum absolute atomic E-state index is 0.114. The van der Waals surface area contributed by atoms with Crippen LogP contribution in [0, 0.1) is 0 Å². The van der Waals surface area contributed by atoms with Crippen LogP contribution in [0.3, 0.4) is 0 Å². The first-order valence-corrected chi connectivity index (χ1v) is 8.48. The van der Waals surface area contributed by atoms with Gasteiger partial charge in [-0.1, -0.05) is 28.1 Å². The van der Waals surface area contributed by atoms with E-state index in [-0.39, 0.29) is 17.1 Å². The summed E-state index contributed by atoms with van der Waals surface area (Å²) in [5.41, 5.74) is 1.43. The topological polar surface area (TPSA) is 59.8 Å². The Kier molecular flexibility index (Phi) is 3.65. The summed E-state index contributed by atoms with van der Waals surface area (Å²) >= 11 is 3.38. The van der Waals surface area contributed by atoms with Gasteiger partial charge in [0.25, 0.3) is 5.91 Å². The number of benzene rings is 2. The van der Waals surface area contributed by atoms with E-state index in [0.717, 1.165) is 10.0 Å². The van der Waals surface area contributed by atoms with Crippen LogP contribution in [-0.2, 0) is 0 Å². The first-order valence-electron chi connectivity index (χ1n) is 7.68. The molecule has 1 aliphatic heterocycles. The van der Waals surface area contributed by atoms with E-state index in [2.05, 4.69) is 15.9 Å². The van der Waals surface area contributed by atoms with Gasteiger partial charge in [0.05, 0.1) is 24.1 Å². The Balaban J connectivity index is 1.98. The Bertz CT molecular complexity index is 1060. The molecule has 6 heteroatoms. The van der Waals surface area contributed by atoms with Gasteiger partial charge in [0.1, 0.15) is 11.3 Å². The lowest BCUT2D eigenvalue weighted by Crippen LogP contribution is -2.25. The van der Waals surface area contributed by atoms with Crippen LogP contribution in [0.2, 0.25) is 0 Å². The van der Waals surface area contributed by atoms with Gasteiger partial charge >= 0.3 is 0 Å². The Labute approximate surface area is 151 Å². The standard InChI is InChI=1S/C19H14BrNO4/c1-21-16(10-3-6-12(24-2)7-4-10)15-17(22)13-9-11(20)5-8-14(13)25-18(15)19(21)23/h3-9,16H,1-2H3/t16-/m0/s1. The van der Waals surface area contributed by atoms with Gasteiger partial charge in [-0.05, 0) is 35.9 Å². The van der Waals surface area contributed by atoms with Crippen LogP contribution in [0.15, 0.2) is 56.1 Å². The maximum atomic E-state index is 13.1. The number of methoxy groups -OCH3 is 1. The van der Waals surface area contributed by atoms with Gasteiger partial charge in [0, 0.05) is 11.5 Å². The quantitative estimate of drug-likeness (QED) is 0.658. The average molecular weight is 400 g/mol. The SMILES string of the molecule is COc1ccc([C@H]2c3c(oc4ccc(Br)cc4c3=O)C(=O)N2C)cc1. The summed E-state index contributed by atoms with van der Waals surface area (Å²) in [6.45, 7) is 0. The van der Waals surface area contributed by atoms with Gasteiger partial charge < -0.3 is 14.1 Å². The summed E-state index contributed by atoms with van der Waals surface area (Å²) in [6.07, 6.45) is 0. The third kappa shape index (κ3) is 2.36. The number of nitrogens with zero attached hydrogens (tertiary/aromatic N) is 1. The molecule has 1 atom stereocenters. The highest BCUT2D eigenvalue weighted by atomic mass is 79.9. The predicted molar refractivity (Wildman–Crippen MR) is 97.1 cm³/mol. The van der Waals surface area contributed by atoms with Crippen molar-refractivity contribution in [2.75, 3.05) is 14.2 Å². The second-order valence-electron chi connectivity index (χ2n) is 5.91. The first-order chi connectivity index (χ1) is 12.0. The smallest absolute Gasteiger partial charge is 0.290 e. The van der Waals surface area contributed by atoms with E-state index in [1.54, 1.807) is 32.4 Å². The maximum Gasteiger partial charge on any atom is 0.290 e. The summed E-state index contributed by atoms with van der Waals surface area (Å²) in [4.78, 5) is 27.2. The Morgan fingerprint density at radius 1 is 1.12 bits per heavy atom. The molecule has 2 heterocycles. The molecule has 126 valence electrons. The van der Waals surface area contributed by atoms with Crippen LogP contribution in [0.5, 0.6) is 5.75 Å². The molecule has 3 aromatic rings. The highest BCUT2D eigenvalue weighted by Gasteiger charge is 2.40. The van der Waals surface area contributed by atoms with Crippen LogP contribution in [0.4, 0.5) is 0 Å². The lowest BCUT2D eigenvalue weighted by atomic mass is 9.99. The molecule has 0 N–H and O–H groups in total. The van der Waals surface area contributed by atoms with Gasteiger partial charge in [-0.15, -0.1) is 0 Å². The molecule has 25 heavy (non-hydrogen) atoms. The van der Waals surface area contributed by atoms with E-state index in [9.17, 15) is 9.59 Å². The van der Waals surface area contributed by atoms with Gasteiger partial charge in [-0.2, -0.15) is 0 Å². The van der Waals surface area contributed by atoms with Crippen LogP contribution < -0.4 is 10.2 Å². The van der Waals surface area contributed by atoms with Gasteiger partial charge in [-0.25, -0.2) is 0 Å². The normalized spacial score (nSPS) is 16.4. The number of amides is 1. The Hall–Kier alpha value is -2.60. The molecule has 1 amide bonds. The van der Waals surface area contributed by atoms with E-state index in [0.29, 0.717) is 22.3 Å². The van der Waals surface area contributed by atoms with Crippen molar-refractivity contribution in [2.24, 2.45) is 0 Å². The summed E-state index contributed by atoms with van der Waals surface area (Å²) in [7, 11) is 3.26. The Morgan fingerprint density at radius 2 is 1.84 bits per heavy atom. The van der Waals surface area contributed by atoms with Gasteiger partial charge in [-0.3, -0.25) is 9.59 Å². The maximum absolute atomic E-state index is 13.1. The molecule has 0 saturated heterocycles. The van der Waals surface area contributed by atoms with E-state index < -0.39 is 6.04 Å². The Morgan fingerprint density at radius 3 is 2.52 bits per heavy atom. The predicted octanol–water partition coefficient (Wildman–Crippen LogP) is 3.74. The minimum atomic E-state index is -0.479. The highest BCUT2D eigenvalue weighted by molar-refractivity contribution is 9.10. The van der Waals surface area contributed by atoms with Crippen molar-refractivity contribution in [2.45, 2.75) is 6.04 Å². The molecule has 2 aromatic carbocycles. The van der Waals surface area contributed by atoms with Crippen molar-refractivity contribution in [1.82, 2.24) is 4.90 Å². The van der Waals surface area contributed by atoms with E-state index in [1.807, 2.05) is 24.3 Å². The summed E-state index contributed by atoms with van der Waals surface area (Å²) in [6, 6.07) is 12.0. The molecule has 0 radical (unpaired) electrons. The minimum Gasteiger partial charge on any atom is -0.497 e. The van der Waals surface area contributed by atoms with Crippen LogP contribution in [-0.4, -0.2) is 25.0 Å². The van der Waals surface area contributed by atoms with E-state index in [4.69, 9.17) is 9.15 Å². The summed E-state index contributed by atoms with van der Waals surface area (Å²) in [5.74, 6) is 0.534. The number of carbonyl (C=O) groups is 1. The number of carbonyl (C=O) groups excluding carboxylic acids is 1. The molecule has 1 aliphatic rings. The second kappa shape index (κ2) is 5.74. The second-order valence-corrected chi connectivity index (χ2v) is 6.82. The first kappa shape index (κ1) is 15.9. The van der Waals surface area contributed by atoms with Crippen LogP contribution >= 0.6 is 15.9 Å². The van der Waals surface area contributed by atoms with Crippen molar-refractivity contribution in [3.8, 4) is 5.75 Å². The van der Waals surface area contributed by atoms with E-state index in [1.165, 1.54) is 4.90 Å². The molecule has 4 rings (SSSR count). The fraction of sp³-hybridized carbons (Fsp3) is 0.158. The monoisotopic (exact) mass is 399 g/mol. The number of fused-ring (bicyclic) bond motifs is 2. The van der Waals surface area contributed by atoms with Gasteiger partial charge in [0.15, 0.2) is 5.43 Å². The third-order valence-electron chi connectivity index (χ3n) is 4.49. The highest BCUT2D eigenvalue weighted by Crippen LogP contribution is 2.37. The van der Waals surface area contributed by atoms with Crippen molar-refractivity contribution in [3.05, 3.63) is 74.0 Å². The number of rotatable bonds is 2. The molecule has 0 unspecified atom stereocenters. The van der Waals surface area contributed by atoms with Crippen LogP contribution in [0.1, 0.15) is 27.7 Å². The zero-order valence-corrected chi connectivity index (χ0v) is 15.2. The average Bonchev–Trinajstić information content (AvgIpc) is 2.88. The lowest BCUT2D eigenvalue weighted by molar-refractivity contribution is 0.0771. The van der Waals surface area contributed by atoms with Crippen molar-refractivity contribution in [3.63, 3.8) is 0 Å². The molecule has 5 nitrogen and oxygen atoms in total. The van der Waals surface area contributed by atoms with Crippen molar-refractivity contribution in [1.29, 1.82) is 0 Å². The molecule has 0 fully saturated rings. The molecule has 0 saturated carbocycles. The largest absolute Gasteiger partial charge is 0.497 e. The molecule has 0 spiro atoms. The zero-order chi connectivity index (χ0) is 17.7. The molecule has 1 aromatic heterocycles. The number of hydrogen-bond acceptors (Lipinski definition) is 4. The van der Waals surface area contributed by atoms with Crippen LogP contribution in [0.25, 0.3) is 11.0 Å². The third-order valence-corrected chi connectivity index (χ3v) is 4.99. The molecular weight excluding hydrogens is 386 g/mol. The number of halogens is 1. The fourth-order valence-corrected chi connectivity index (χ4v) is 3.60. The van der Waals surface area contributed by atoms with Gasteiger partial charge in [0.2, 0.25) is 5.76 Å². The van der Waals surface area contributed by atoms with Crippen molar-refractivity contribution >= 4 is 32.8 Å². The zero-order valence-electron chi connectivity index (χ0n) is 13.6. The molecule has 0 aliphatic carbocycles. The number of hydrogen-bond donors (Lipinski definition) is 0. The van der Waals surface area contributed by atoms with E-state index >= 15 is 0 Å².